The maximum atomic E-state index is 14.9. The Morgan fingerprint density at radius 1 is 1.03 bits per heavy atom. The van der Waals surface area contributed by atoms with Crippen molar-refractivity contribution >= 4 is 0 Å². The van der Waals surface area contributed by atoms with Crippen LogP contribution in [0.1, 0.15) is 67.2 Å². The van der Waals surface area contributed by atoms with Gasteiger partial charge in [-0.05, 0) is 0 Å². The van der Waals surface area contributed by atoms with Crippen LogP contribution in [0.15, 0.2) is 66.7 Å². The average Bonchev–Trinajstić information content (AvgIpc) is 3.19. The third-order valence-electron chi connectivity index (χ3n) is 9.34. The third kappa shape index (κ3) is 4.27. The van der Waals surface area contributed by atoms with Gasteiger partial charge in [0.2, 0.25) is 0 Å². The van der Waals surface area contributed by atoms with Crippen LogP contribution in [0.5, 0.6) is 5.75 Å². The number of alkyl halides is 1. The normalized spacial score (nSPS) is 30.2. The summed E-state index contributed by atoms with van der Waals surface area (Å²) in [5.41, 5.74) is 3.08. The van der Waals surface area contributed by atoms with Gasteiger partial charge in [0.25, 0.3) is 0 Å². The number of halogens is 2. The van der Waals surface area contributed by atoms with Crippen LogP contribution in [0.4, 0.5) is 4.39 Å². The van der Waals surface area contributed by atoms with Crippen molar-refractivity contribution in [1.29, 1.82) is 5.26 Å². The summed E-state index contributed by atoms with van der Waals surface area (Å²) < 4.78 is 21.5. The van der Waals surface area contributed by atoms with Gasteiger partial charge in [0.15, 0.2) is 0 Å². The van der Waals surface area contributed by atoms with Gasteiger partial charge in [0, 0.05) is 0 Å². The summed E-state index contributed by atoms with van der Waals surface area (Å²) in [6.07, 6.45) is 5.49. The second-order valence-electron chi connectivity index (χ2n) is 11.1. The van der Waals surface area contributed by atoms with Gasteiger partial charge < -0.3 is 0 Å². The molecule has 0 spiro atoms. The van der Waals surface area contributed by atoms with E-state index in [0.717, 1.165) is 54.5 Å². The molecule has 0 amide bonds. The molecule has 0 heterocycles. The van der Waals surface area contributed by atoms with E-state index in [9.17, 15) is 14.8 Å². The van der Waals surface area contributed by atoms with E-state index in [1.165, 1.54) is 3.57 Å². The second-order valence-corrected chi connectivity index (χ2v) is 14.7. The van der Waals surface area contributed by atoms with Crippen LogP contribution < -0.4 is 25.9 Å². The molecule has 3 nitrogen and oxygen atoms in total. The Bertz CT molecular complexity index is 1340. The number of nitriles is 1. The van der Waals surface area contributed by atoms with Crippen molar-refractivity contribution in [3.05, 3.63) is 98.4 Å². The summed E-state index contributed by atoms with van der Waals surface area (Å²) in [6, 6.07) is 24.2. The molecule has 0 bridgehead atoms. The number of fused-ring (bicyclic) bond motifs is 5. The van der Waals surface area contributed by atoms with Crippen molar-refractivity contribution in [2.24, 2.45) is 17.3 Å². The Morgan fingerprint density at radius 3 is 2.57 bits per heavy atom. The van der Waals surface area contributed by atoms with E-state index in [0.29, 0.717) is 30.8 Å². The van der Waals surface area contributed by atoms with Crippen molar-refractivity contribution in [3.8, 4) is 11.8 Å². The van der Waals surface area contributed by atoms with E-state index in [1.54, 1.807) is 6.07 Å². The van der Waals surface area contributed by atoms with Crippen LogP contribution >= 0.6 is 0 Å². The number of nitrogens with zero attached hydrogens (tertiary/aromatic N) is 1. The summed E-state index contributed by atoms with van der Waals surface area (Å²) in [6.45, 7) is 2.87. The first kappa shape index (κ1) is 24.9. The first-order valence-corrected chi connectivity index (χ1v) is 15.4. The molecule has 2 saturated carbocycles. The zero-order valence-corrected chi connectivity index (χ0v) is 23.2. The number of benzene rings is 3. The fraction of sp³-hybridized carbons (Fsp3) is 0.406. The van der Waals surface area contributed by atoms with Crippen LogP contribution in [0.3, 0.4) is 0 Å². The summed E-state index contributed by atoms with van der Waals surface area (Å²) in [4.78, 5) is 0. The molecular weight excluding hydrogens is 576 g/mol. The van der Waals surface area contributed by atoms with Crippen LogP contribution in [0.2, 0.25) is 0 Å². The molecule has 2 fully saturated rings. The quantitative estimate of drug-likeness (QED) is 0.355. The molecule has 0 aliphatic heterocycles. The molecule has 6 rings (SSSR count). The second kappa shape index (κ2) is 9.71. The number of hydrogen-bond donors (Lipinski definition) is 1. The molecule has 0 aromatic heterocycles. The van der Waals surface area contributed by atoms with Gasteiger partial charge >= 0.3 is 230 Å². The van der Waals surface area contributed by atoms with Gasteiger partial charge in [0.05, 0.1) is 0 Å². The molecule has 0 saturated heterocycles. The molecule has 192 valence electrons. The van der Waals surface area contributed by atoms with Gasteiger partial charge in [-0.1, -0.05) is 0 Å². The van der Waals surface area contributed by atoms with Crippen molar-refractivity contribution in [1.82, 2.24) is 0 Å². The van der Waals surface area contributed by atoms with E-state index >= 15 is 0 Å². The van der Waals surface area contributed by atoms with Crippen molar-refractivity contribution in [3.63, 3.8) is 0 Å². The molecule has 3 aromatic carbocycles. The van der Waals surface area contributed by atoms with E-state index in [2.05, 4.69) is 31.2 Å². The molecule has 3 aromatic rings. The van der Waals surface area contributed by atoms with E-state index in [-0.39, 0.29) is 16.8 Å². The van der Waals surface area contributed by atoms with Crippen LogP contribution in [-0.4, -0.2) is 8.71 Å². The Hall–Kier alpha value is -2.43. The zero-order chi connectivity index (χ0) is 25.6. The molecule has 3 aliphatic carbocycles. The predicted octanol–water partition coefficient (Wildman–Crippen LogP) is 3.78. The average molecular weight is 609 g/mol. The minimum absolute atomic E-state index is 0.105. The van der Waals surface area contributed by atoms with Gasteiger partial charge in [-0.15, -0.1) is 0 Å². The Labute approximate surface area is 228 Å². The predicted molar refractivity (Wildman–Crippen MR) is 137 cm³/mol. The van der Waals surface area contributed by atoms with Crippen molar-refractivity contribution in [2.45, 2.75) is 61.6 Å². The van der Waals surface area contributed by atoms with E-state index in [4.69, 9.17) is 4.74 Å². The maximum absolute atomic E-state index is 14.9. The van der Waals surface area contributed by atoms with E-state index in [1.807, 2.05) is 42.5 Å². The number of aliphatic hydroxyl groups is 1. The molecule has 37 heavy (non-hydrogen) atoms. The third-order valence-corrected chi connectivity index (χ3v) is 13.3. The summed E-state index contributed by atoms with van der Waals surface area (Å²) in [5.74, 6) is 1.82. The topological polar surface area (TPSA) is 53.2 Å². The van der Waals surface area contributed by atoms with Crippen molar-refractivity contribution in [2.75, 3.05) is 0 Å². The Kier molecular flexibility index (Phi) is 6.53. The fourth-order valence-electron chi connectivity index (χ4n) is 7.34. The first-order valence-electron chi connectivity index (χ1n) is 13.3. The zero-order valence-electron chi connectivity index (χ0n) is 21.1. The molecule has 3 unspecified atom stereocenters. The summed E-state index contributed by atoms with van der Waals surface area (Å²) in [5, 5.41) is 21.4. The first-order chi connectivity index (χ1) is 17.9. The number of ether oxygens (including phenoxy) is 1. The van der Waals surface area contributed by atoms with Crippen LogP contribution in [0.25, 0.3) is 0 Å². The monoisotopic (exact) mass is 608 g/mol. The van der Waals surface area contributed by atoms with Crippen LogP contribution in [-0.2, 0) is 13.0 Å². The minimum atomic E-state index is -0.635. The Morgan fingerprint density at radius 2 is 1.81 bits per heavy atom. The molecule has 5 atom stereocenters. The van der Waals surface area contributed by atoms with Gasteiger partial charge in [-0.2, -0.15) is 0 Å². The summed E-state index contributed by atoms with van der Waals surface area (Å²) >= 11 is -0.610. The molecular formula is C32H32FINO2-. The Balaban J connectivity index is 1.17. The summed E-state index contributed by atoms with van der Waals surface area (Å²) in [7, 11) is 0. The standard InChI is InChI=1S/C32H32FINO2/c1-31-17-15-26-25-12-7-22(19-35)30(33)28(25)14-13-27(26)29(31)16-18-32(31,36)34-23-8-10-24(11-9-23)37-20-21-5-3-2-4-6-21/h2-12,26-27,29,36H,13-18,20H2,1H3/q-1/t26?,27?,29?,31-,32-/m0/s1. The van der Waals surface area contributed by atoms with E-state index < -0.39 is 24.8 Å². The molecule has 5 heteroatoms. The van der Waals surface area contributed by atoms with Crippen LogP contribution in [0, 0.1) is 38.0 Å². The van der Waals surface area contributed by atoms with Crippen molar-refractivity contribution < 1.29 is 35.4 Å². The van der Waals surface area contributed by atoms with Gasteiger partial charge in [0.1, 0.15) is 0 Å². The van der Waals surface area contributed by atoms with Gasteiger partial charge in [-0.25, -0.2) is 0 Å². The molecule has 0 radical (unpaired) electrons. The molecule has 3 aliphatic rings. The molecule has 1 N–H and O–H groups in total. The number of rotatable bonds is 5. The number of hydrogen-bond acceptors (Lipinski definition) is 3. The SMILES string of the molecule is C[C@]12CCC3c4ccc(C#N)c(F)c4CCC3C1CC[C@@]2(O)[I-]c1ccc(OCc2ccccc2)cc1. The van der Waals surface area contributed by atoms with Gasteiger partial charge in [-0.3, -0.25) is 0 Å². The fourth-order valence-corrected chi connectivity index (χ4v) is 11.0.